The Bertz CT molecular complexity index is 303. The van der Waals surface area contributed by atoms with Crippen LogP contribution < -0.4 is 0 Å². The molecule has 78 valence electrons. The average molecular weight is 194 g/mol. The molecule has 0 saturated heterocycles. The summed E-state index contributed by atoms with van der Waals surface area (Å²) >= 11 is 0. The maximum atomic E-state index is 4.05. The molecule has 1 aromatic rings. The molecule has 1 heterocycles. The Morgan fingerprint density at radius 3 is 2.79 bits per heavy atom. The van der Waals surface area contributed by atoms with Gasteiger partial charge in [0.1, 0.15) is 12.2 Å². The van der Waals surface area contributed by atoms with Crippen molar-refractivity contribution in [2.24, 2.45) is 7.05 Å². The molecule has 0 amide bonds. The minimum Gasteiger partial charge on any atom is -0.320 e. The van der Waals surface area contributed by atoms with Gasteiger partial charge in [-0.25, -0.2) is 0 Å². The highest BCUT2D eigenvalue weighted by Gasteiger charge is 2.07. The van der Waals surface area contributed by atoms with Crippen LogP contribution in [-0.2, 0) is 13.6 Å². The van der Waals surface area contributed by atoms with Crippen LogP contribution in [0.3, 0.4) is 0 Å². The predicted molar refractivity (Wildman–Crippen MR) is 56.8 cm³/mol. The Labute approximate surface area is 85.2 Å². The fraction of sp³-hybridized carbons (Fsp3) is 0.600. The molecule has 0 aromatic carbocycles. The van der Waals surface area contributed by atoms with Crippen molar-refractivity contribution in [3.63, 3.8) is 0 Å². The van der Waals surface area contributed by atoms with E-state index in [9.17, 15) is 0 Å². The third kappa shape index (κ3) is 2.96. The summed E-state index contributed by atoms with van der Waals surface area (Å²) in [4.78, 5) is 2.28. The summed E-state index contributed by atoms with van der Waals surface area (Å²) in [6.07, 6.45) is 1.73. The number of hydrogen-bond donors (Lipinski definition) is 0. The lowest BCUT2D eigenvalue weighted by Crippen LogP contribution is -2.26. The minimum absolute atomic E-state index is 0.833. The lowest BCUT2D eigenvalue weighted by Gasteiger charge is -2.19. The second-order valence-electron chi connectivity index (χ2n) is 3.62. The van der Waals surface area contributed by atoms with Crippen LogP contribution in [0.25, 0.3) is 0 Å². The second-order valence-corrected chi connectivity index (χ2v) is 3.62. The van der Waals surface area contributed by atoms with E-state index in [1.165, 1.54) is 5.57 Å². The first-order valence-corrected chi connectivity index (χ1v) is 4.83. The van der Waals surface area contributed by atoms with Gasteiger partial charge in [-0.2, -0.15) is 0 Å². The van der Waals surface area contributed by atoms with Crippen LogP contribution in [0.1, 0.15) is 19.7 Å². The van der Waals surface area contributed by atoms with Crippen LogP contribution in [0.4, 0.5) is 0 Å². The lowest BCUT2D eigenvalue weighted by atomic mass is 10.3. The largest absolute Gasteiger partial charge is 0.320 e. The molecule has 1 rings (SSSR count). The van der Waals surface area contributed by atoms with Crippen LogP contribution in [0.5, 0.6) is 0 Å². The average Bonchev–Trinajstić information content (AvgIpc) is 2.50. The number of aryl methyl sites for hydroxylation is 1. The summed E-state index contributed by atoms with van der Waals surface area (Å²) in [6, 6.07) is 0. The first-order valence-electron chi connectivity index (χ1n) is 4.83. The Morgan fingerprint density at radius 2 is 2.36 bits per heavy atom. The Balaban J connectivity index is 2.57. The molecule has 1 aromatic heterocycles. The molecule has 0 bridgehead atoms. The van der Waals surface area contributed by atoms with Gasteiger partial charge in [-0.05, 0) is 13.5 Å². The first kappa shape index (κ1) is 10.9. The van der Waals surface area contributed by atoms with Gasteiger partial charge in [0.05, 0.1) is 6.54 Å². The van der Waals surface area contributed by atoms with Crippen LogP contribution in [0.15, 0.2) is 18.5 Å². The Morgan fingerprint density at radius 1 is 1.64 bits per heavy atom. The van der Waals surface area contributed by atoms with Gasteiger partial charge >= 0.3 is 0 Å². The zero-order valence-corrected chi connectivity index (χ0v) is 9.19. The molecule has 4 heteroatoms. The SMILES string of the molecule is C=C(C)CN(CC)Cc1nncn1C. The molecule has 0 aliphatic carbocycles. The van der Waals surface area contributed by atoms with Crippen LogP contribution >= 0.6 is 0 Å². The molecule has 0 atom stereocenters. The van der Waals surface area contributed by atoms with E-state index in [-0.39, 0.29) is 0 Å². The van der Waals surface area contributed by atoms with E-state index in [4.69, 9.17) is 0 Å². The molecular weight excluding hydrogens is 176 g/mol. The zero-order valence-electron chi connectivity index (χ0n) is 9.19. The minimum atomic E-state index is 0.833. The molecule has 14 heavy (non-hydrogen) atoms. The molecular formula is C10H18N4. The summed E-state index contributed by atoms with van der Waals surface area (Å²) in [5, 5.41) is 7.90. The van der Waals surface area contributed by atoms with Crippen molar-refractivity contribution in [1.82, 2.24) is 19.7 Å². The summed E-state index contributed by atoms with van der Waals surface area (Å²) in [6.45, 7) is 10.8. The van der Waals surface area contributed by atoms with Gasteiger partial charge in [-0.15, -0.1) is 10.2 Å². The molecule has 0 spiro atoms. The fourth-order valence-corrected chi connectivity index (χ4v) is 1.31. The van der Waals surface area contributed by atoms with Gasteiger partial charge < -0.3 is 4.57 Å². The highest BCUT2D eigenvalue weighted by Crippen LogP contribution is 2.02. The number of likely N-dealkylation sites (N-methyl/N-ethyl adjacent to an activating group) is 1. The predicted octanol–water partition coefficient (Wildman–Crippen LogP) is 1.21. The number of nitrogens with zero attached hydrogens (tertiary/aromatic N) is 4. The van der Waals surface area contributed by atoms with Crippen LogP contribution in [0, 0.1) is 0 Å². The van der Waals surface area contributed by atoms with Gasteiger partial charge in [0.15, 0.2) is 0 Å². The van der Waals surface area contributed by atoms with Crippen molar-refractivity contribution >= 4 is 0 Å². The van der Waals surface area contributed by atoms with E-state index < -0.39 is 0 Å². The Kier molecular flexibility index (Phi) is 3.83. The molecule has 0 N–H and O–H groups in total. The van der Waals surface area contributed by atoms with Gasteiger partial charge in [0.25, 0.3) is 0 Å². The summed E-state index contributed by atoms with van der Waals surface area (Å²) in [7, 11) is 1.96. The number of aromatic nitrogens is 3. The highest BCUT2D eigenvalue weighted by atomic mass is 15.3. The van der Waals surface area contributed by atoms with Crippen LogP contribution in [-0.4, -0.2) is 32.8 Å². The highest BCUT2D eigenvalue weighted by molar-refractivity contribution is 4.93. The topological polar surface area (TPSA) is 34.0 Å². The van der Waals surface area contributed by atoms with E-state index in [1.54, 1.807) is 6.33 Å². The van der Waals surface area contributed by atoms with Crippen molar-refractivity contribution in [3.8, 4) is 0 Å². The monoisotopic (exact) mass is 194 g/mol. The summed E-state index contributed by atoms with van der Waals surface area (Å²) in [5.74, 6) is 0.994. The number of hydrogen-bond acceptors (Lipinski definition) is 3. The van der Waals surface area contributed by atoms with E-state index in [0.717, 1.165) is 25.5 Å². The van der Waals surface area contributed by atoms with Gasteiger partial charge in [-0.3, -0.25) is 4.90 Å². The third-order valence-corrected chi connectivity index (χ3v) is 2.11. The summed E-state index contributed by atoms with van der Waals surface area (Å²) < 4.78 is 1.95. The quantitative estimate of drug-likeness (QED) is 0.661. The van der Waals surface area contributed by atoms with Crippen molar-refractivity contribution in [3.05, 3.63) is 24.3 Å². The molecule has 0 aliphatic rings. The maximum absolute atomic E-state index is 4.05. The van der Waals surface area contributed by atoms with Gasteiger partial charge in [-0.1, -0.05) is 19.1 Å². The van der Waals surface area contributed by atoms with Crippen molar-refractivity contribution in [2.75, 3.05) is 13.1 Å². The molecule has 0 radical (unpaired) electrons. The maximum Gasteiger partial charge on any atom is 0.146 e. The second kappa shape index (κ2) is 4.91. The standard InChI is InChI=1S/C10H18N4/c1-5-14(6-9(2)3)7-10-12-11-8-13(10)4/h8H,2,5-7H2,1,3-4H3. The molecule has 0 unspecified atom stereocenters. The van der Waals surface area contributed by atoms with Crippen molar-refractivity contribution in [2.45, 2.75) is 20.4 Å². The van der Waals surface area contributed by atoms with E-state index in [2.05, 4.69) is 28.6 Å². The van der Waals surface area contributed by atoms with E-state index in [0.29, 0.717) is 0 Å². The van der Waals surface area contributed by atoms with Crippen LogP contribution in [0.2, 0.25) is 0 Å². The molecule has 4 nitrogen and oxygen atoms in total. The smallest absolute Gasteiger partial charge is 0.146 e. The molecule has 0 saturated carbocycles. The zero-order chi connectivity index (χ0) is 10.6. The normalized spacial score (nSPS) is 10.9. The van der Waals surface area contributed by atoms with Crippen molar-refractivity contribution < 1.29 is 0 Å². The van der Waals surface area contributed by atoms with E-state index in [1.807, 2.05) is 18.5 Å². The third-order valence-electron chi connectivity index (χ3n) is 2.11. The number of rotatable bonds is 5. The first-order chi connectivity index (χ1) is 6.63. The van der Waals surface area contributed by atoms with Gasteiger partial charge in [0, 0.05) is 13.6 Å². The molecule has 0 fully saturated rings. The lowest BCUT2D eigenvalue weighted by molar-refractivity contribution is 0.293. The van der Waals surface area contributed by atoms with Crippen molar-refractivity contribution in [1.29, 1.82) is 0 Å². The Hall–Kier alpha value is -1.16. The molecule has 0 aliphatic heterocycles. The fourth-order valence-electron chi connectivity index (χ4n) is 1.31. The van der Waals surface area contributed by atoms with Gasteiger partial charge in [0.2, 0.25) is 0 Å². The summed E-state index contributed by atoms with van der Waals surface area (Å²) in [5.41, 5.74) is 1.18. The van der Waals surface area contributed by atoms with E-state index >= 15 is 0 Å².